The summed E-state index contributed by atoms with van der Waals surface area (Å²) in [5.74, 6) is 1.40. The van der Waals surface area contributed by atoms with E-state index in [1.807, 2.05) is 32.1 Å². The summed E-state index contributed by atoms with van der Waals surface area (Å²) in [4.78, 5) is 30.0. The molecule has 1 saturated heterocycles. The second-order valence-corrected chi connectivity index (χ2v) is 10.7. The number of carbonyl (C=O) groups is 2. The first-order valence-electron chi connectivity index (χ1n) is 13.9. The lowest BCUT2D eigenvalue weighted by atomic mass is 10.0. The number of unbranched alkanes of at least 4 members (excludes halogenated alkanes) is 2. The third-order valence-corrected chi connectivity index (χ3v) is 6.92. The van der Waals surface area contributed by atoms with Gasteiger partial charge in [0.1, 0.15) is 36.6 Å². The van der Waals surface area contributed by atoms with Gasteiger partial charge in [0.25, 0.3) is 0 Å². The topological polar surface area (TPSA) is 86.7 Å². The molecule has 8 nitrogen and oxygen atoms in total. The van der Waals surface area contributed by atoms with Gasteiger partial charge in [-0.1, -0.05) is 64.5 Å². The molecule has 3 atom stereocenters. The van der Waals surface area contributed by atoms with Crippen molar-refractivity contribution in [2.45, 2.75) is 77.7 Å². The summed E-state index contributed by atoms with van der Waals surface area (Å²) < 4.78 is 23.5. The van der Waals surface area contributed by atoms with Gasteiger partial charge in [0.05, 0.1) is 11.5 Å². The molecule has 0 aromatic heterocycles. The van der Waals surface area contributed by atoms with Gasteiger partial charge in [-0.15, -0.1) is 11.6 Å². The average molecular weight is 573 g/mol. The SMILES string of the molecule is C=C(CCl)OC1CC(N(C=O)/C=C2/C=C(c3ccc(CCCCC)cc3)OC2=NC)OC1COC(=O)CC(C)C. The lowest BCUT2D eigenvalue weighted by Crippen LogP contribution is -2.32. The number of aliphatic imine (C=N–C) groups is 1. The van der Waals surface area contributed by atoms with Crippen molar-refractivity contribution in [2.24, 2.45) is 10.9 Å². The fourth-order valence-electron chi connectivity index (χ4n) is 4.53. The van der Waals surface area contributed by atoms with E-state index < -0.39 is 18.4 Å². The number of nitrogens with zero attached hydrogens (tertiary/aromatic N) is 2. The number of carbonyl (C=O) groups excluding carboxylic acids is 2. The van der Waals surface area contributed by atoms with E-state index in [0.29, 0.717) is 42.2 Å². The molecule has 3 unspecified atom stereocenters. The van der Waals surface area contributed by atoms with Crippen LogP contribution in [0.25, 0.3) is 5.76 Å². The molecule has 0 aliphatic carbocycles. The summed E-state index contributed by atoms with van der Waals surface area (Å²) in [6.45, 7) is 9.89. The summed E-state index contributed by atoms with van der Waals surface area (Å²) in [7, 11) is 1.64. The summed E-state index contributed by atoms with van der Waals surface area (Å²) in [5.41, 5.74) is 2.85. The normalized spacial score (nSPS) is 22.4. The Morgan fingerprint density at radius 2 is 2.02 bits per heavy atom. The third kappa shape index (κ3) is 8.96. The summed E-state index contributed by atoms with van der Waals surface area (Å²) >= 11 is 5.88. The number of halogens is 1. The van der Waals surface area contributed by atoms with Crippen LogP contribution in [0.5, 0.6) is 0 Å². The minimum absolute atomic E-state index is 0.00513. The van der Waals surface area contributed by atoms with Crippen LogP contribution in [-0.4, -0.2) is 61.1 Å². The van der Waals surface area contributed by atoms with E-state index in [-0.39, 0.29) is 24.4 Å². The van der Waals surface area contributed by atoms with Crippen LogP contribution in [0, 0.1) is 5.92 Å². The fourth-order valence-corrected chi connectivity index (χ4v) is 4.60. The van der Waals surface area contributed by atoms with Gasteiger partial charge in [0.2, 0.25) is 12.3 Å². The van der Waals surface area contributed by atoms with Crippen LogP contribution in [-0.2, 0) is 35.0 Å². The number of alkyl halides is 1. The van der Waals surface area contributed by atoms with E-state index in [1.54, 1.807) is 13.2 Å². The summed E-state index contributed by atoms with van der Waals surface area (Å²) in [6.07, 6.45) is 7.71. The Labute approximate surface area is 242 Å². The molecule has 0 saturated carbocycles. The highest BCUT2D eigenvalue weighted by molar-refractivity contribution is 6.19. The molecule has 40 heavy (non-hydrogen) atoms. The average Bonchev–Trinajstić information content (AvgIpc) is 3.54. The molecule has 2 heterocycles. The molecule has 0 bridgehead atoms. The number of allylic oxidation sites excluding steroid dienone is 1. The first kappa shape index (κ1) is 31.4. The van der Waals surface area contributed by atoms with Gasteiger partial charge >= 0.3 is 5.97 Å². The highest BCUT2D eigenvalue weighted by Gasteiger charge is 2.40. The second-order valence-electron chi connectivity index (χ2n) is 10.4. The van der Waals surface area contributed by atoms with Crippen LogP contribution >= 0.6 is 11.6 Å². The lowest BCUT2D eigenvalue weighted by molar-refractivity contribution is -0.153. The number of ether oxygens (including phenoxy) is 4. The Morgan fingerprint density at radius 1 is 1.27 bits per heavy atom. The number of hydrogen-bond donors (Lipinski definition) is 0. The quantitative estimate of drug-likeness (QED) is 0.0842. The van der Waals surface area contributed by atoms with Gasteiger partial charge < -0.3 is 18.9 Å². The second kappa shape index (κ2) is 15.6. The Bertz CT molecular complexity index is 1110. The number of benzene rings is 1. The molecule has 2 aliphatic heterocycles. The van der Waals surface area contributed by atoms with Crippen molar-refractivity contribution in [3.05, 3.63) is 65.6 Å². The summed E-state index contributed by atoms with van der Waals surface area (Å²) in [5, 5.41) is 0. The molecule has 0 radical (unpaired) electrons. The smallest absolute Gasteiger partial charge is 0.306 e. The van der Waals surface area contributed by atoms with Crippen LogP contribution in [0.4, 0.5) is 0 Å². The van der Waals surface area contributed by atoms with E-state index in [4.69, 9.17) is 30.5 Å². The molecule has 9 heteroatoms. The van der Waals surface area contributed by atoms with E-state index in [1.165, 1.54) is 29.7 Å². The Morgan fingerprint density at radius 3 is 2.65 bits per heavy atom. The van der Waals surface area contributed by atoms with Crippen LogP contribution in [0.15, 0.2) is 59.4 Å². The van der Waals surface area contributed by atoms with Crippen LogP contribution in [0.1, 0.15) is 64.0 Å². The highest BCUT2D eigenvalue weighted by atomic mass is 35.5. The van der Waals surface area contributed by atoms with Gasteiger partial charge in [0.15, 0.2) is 0 Å². The molecule has 1 fully saturated rings. The Kier molecular flexibility index (Phi) is 12.3. The van der Waals surface area contributed by atoms with E-state index in [0.717, 1.165) is 12.0 Å². The molecule has 1 aromatic rings. The van der Waals surface area contributed by atoms with Crippen molar-refractivity contribution in [3.63, 3.8) is 0 Å². The maximum Gasteiger partial charge on any atom is 0.306 e. The van der Waals surface area contributed by atoms with Gasteiger partial charge in [-0.2, -0.15) is 0 Å². The highest BCUT2D eigenvalue weighted by Crippen LogP contribution is 2.31. The van der Waals surface area contributed by atoms with E-state index in [2.05, 4.69) is 30.6 Å². The van der Waals surface area contributed by atoms with Crippen LogP contribution in [0.3, 0.4) is 0 Å². The number of hydrogen-bond acceptors (Lipinski definition) is 7. The number of aryl methyl sites for hydroxylation is 1. The Balaban J connectivity index is 1.74. The lowest BCUT2D eigenvalue weighted by Gasteiger charge is -2.21. The standard InChI is InChI=1S/C31H41ClN2O6/c1-6-7-8-9-23-10-12-24(13-11-23)26-15-25(31(33-5)40-26)18-34(20-35)29-16-27(38-22(4)17-32)28(39-29)19-37-30(36)14-21(2)3/h10-13,15,18,20-21,27-29H,4,6-9,14,16-17,19H2,1-3,5H3/b25-18-,33-31?. The van der Waals surface area contributed by atoms with Crippen LogP contribution < -0.4 is 0 Å². The molecule has 1 aromatic carbocycles. The molecule has 218 valence electrons. The van der Waals surface area contributed by atoms with Crippen molar-refractivity contribution >= 4 is 35.6 Å². The summed E-state index contributed by atoms with van der Waals surface area (Å²) in [6, 6.07) is 8.31. The molecule has 2 aliphatic rings. The van der Waals surface area contributed by atoms with Crippen molar-refractivity contribution in [1.29, 1.82) is 0 Å². The first-order valence-corrected chi connectivity index (χ1v) is 14.4. The monoisotopic (exact) mass is 572 g/mol. The number of rotatable bonds is 15. The van der Waals surface area contributed by atoms with Crippen molar-refractivity contribution in [2.75, 3.05) is 19.5 Å². The number of amides is 1. The molecular weight excluding hydrogens is 532 g/mol. The van der Waals surface area contributed by atoms with Crippen LogP contribution in [0.2, 0.25) is 0 Å². The predicted molar refractivity (Wildman–Crippen MR) is 157 cm³/mol. The van der Waals surface area contributed by atoms with E-state index >= 15 is 0 Å². The molecule has 0 spiro atoms. The third-order valence-electron chi connectivity index (χ3n) is 6.62. The van der Waals surface area contributed by atoms with Gasteiger partial charge in [-0.25, -0.2) is 0 Å². The molecule has 0 N–H and O–H groups in total. The number of esters is 1. The van der Waals surface area contributed by atoms with Gasteiger partial charge in [-0.05, 0) is 30.4 Å². The molecular formula is C31H41ClN2O6. The zero-order valence-electron chi connectivity index (χ0n) is 23.9. The van der Waals surface area contributed by atoms with Crippen molar-refractivity contribution in [1.82, 2.24) is 4.90 Å². The zero-order valence-corrected chi connectivity index (χ0v) is 24.7. The minimum atomic E-state index is -0.662. The predicted octanol–water partition coefficient (Wildman–Crippen LogP) is 6.00. The maximum atomic E-state index is 12.2. The first-order chi connectivity index (χ1) is 19.3. The van der Waals surface area contributed by atoms with Crippen molar-refractivity contribution in [3.8, 4) is 0 Å². The minimum Gasteiger partial charge on any atom is -0.491 e. The van der Waals surface area contributed by atoms with E-state index in [9.17, 15) is 9.59 Å². The fraction of sp³-hybridized carbons (Fsp3) is 0.516. The largest absolute Gasteiger partial charge is 0.491 e. The zero-order chi connectivity index (χ0) is 29.1. The molecule has 3 rings (SSSR count). The van der Waals surface area contributed by atoms with Crippen molar-refractivity contribution < 1.29 is 28.5 Å². The maximum absolute atomic E-state index is 12.2. The van der Waals surface area contributed by atoms with Gasteiger partial charge in [-0.3, -0.25) is 19.5 Å². The van der Waals surface area contributed by atoms with Gasteiger partial charge in [0, 0.05) is 31.7 Å². The molecule has 1 amide bonds. The Hall–Kier alpha value is -3.10.